The summed E-state index contributed by atoms with van der Waals surface area (Å²) < 4.78 is 12.0. The molecule has 0 saturated heterocycles. The number of Topliss-reactive ketones (excluding diaryl/α,β-unsaturated/α-hetero) is 1. The Morgan fingerprint density at radius 3 is 2.00 bits per heavy atom. The molecule has 1 heterocycles. The van der Waals surface area contributed by atoms with E-state index in [4.69, 9.17) is 14.3 Å². The number of aryl methyl sites for hydroxylation is 1. The Kier molecular flexibility index (Phi) is 9.29. The first-order valence-electron chi connectivity index (χ1n) is 13.6. The van der Waals surface area contributed by atoms with E-state index in [9.17, 15) is 19.2 Å². The van der Waals surface area contributed by atoms with Gasteiger partial charge in [0.25, 0.3) is 0 Å². The first-order valence-corrected chi connectivity index (χ1v) is 13.6. The van der Waals surface area contributed by atoms with Crippen LogP contribution >= 0.6 is 0 Å². The van der Waals surface area contributed by atoms with Crippen molar-refractivity contribution in [2.24, 2.45) is 5.16 Å². The summed E-state index contributed by atoms with van der Waals surface area (Å²) >= 11 is 0. The predicted molar refractivity (Wildman–Crippen MR) is 156 cm³/mol. The zero-order chi connectivity index (χ0) is 29.5. The van der Waals surface area contributed by atoms with Crippen LogP contribution < -0.4 is 4.74 Å². The summed E-state index contributed by atoms with van der Waals surface area (Å²) in [7, 11) is 0. The molecule has 0 bridgehead atoms. The number of rotatable bonds is 11. The van der Waals surface area contributed by atoms with E-state index in [1.807, 2.05) is 32.0 Å². The molecule has 0 spiro atoms. The molecule has 0 fully saturated rings. The lowest BCUT2D eigenvalue weighted by Gasteiger charge is -2.06. The van der Waals surface area contributed by atoms with Gasteiger partial charge in [0.1, 0.15) is 11.5 Å². The molecule has 0 amide bonds. The van der Waals surface area contributed by atoms with Crippen LogP contribution in [0.2, 0.25) is 0 Å². The maximum absolute atomic E-state index is 13.4. The molecule has 212 valence electrons. The lowest BCUT2D eigenvalue weighted by Crippen LogP contribution is -2.15. The van der Waals surface area contributed by atoms with Crippen LogP contribution in [0.4, 0.5) is 4.79 Å². The number of hydrogen-bond acceptors (Lipinski definition) is 8. The molecular weight excluding hydrogens is 524 g/mol. The highest BCUT2D eigenvalue weighted by atomic mass is 16.7. The van der Waals surface area contributed by atoms with E-state index in [2.05, 4.69) is 9.72 Å². The van der Waals surface area contributed by atoms with Gasteiger partial charge in [0.05, 0.1) is 6.61 Å². The smallest absolute Gasteiger partial charge is 0.434 e. The van der Waals surface area contributed by atoms with Crippen molar-refractivity contribution in [2.75, 3.05) is 6.61 Å². The Bertz CT molecular complexity index is 1650. The molecule has 4 aromatic rings. The third-order valence-electron chi connectivity index (χ3n) is 6.60. The van der Waals surface area contributed by atoms with Crippen molar-refractivity contribution < 1.29 is 33.5 Å². The molecule has 1 aromatic heterocycles. The summed E-state index contributed by atoms with van der Waals surface area (Å²) in [5.41, 5.74) is 3.37. The quantitative estimate of drug-likeness (QED) is 0.0494. The van der Waals surface area contributed by atoms with Gasteiger partial charge < -0.3 is 18.9 Å². The second-order valence-electron chi connectivity index (χ2n) is 9.40. The Balaban J connectivity index is 1.71. The van der Waals surface area contributed by atoms with Gasteiger partial charge in [0, 0.05) is 52.0 Å². The summed E-state index contributed by atoms with van der Waals surface area (Å²) in [6, 6.07) is 17.2. The number of unbranched alkanes of at least 4 members (excludes halogenated alkanes) is 1. The molecule has 4 rings (SSSR count). The highest BCUT2D eigenvalue weighted by Crippen LogP contribution is 2.32. The summed E-state index contributed by atoms with van der Waals surface area (Å²) in [5, 5.41) is 5.49. The third-order valence-corrected chi connectivity index (χ3v) is 6.60. The molecule has 0 radical (unpaired) electrons. The molecular formula is C32H32N2O7. The zero-order valence-electron chi connectivity index (χ0n) is 23.6. The van der Waals surface area contributed by atoms with Crippen LogP contribution in [0.15, 0.2) is 65.8 Å². The number of nitrogens with zero attached hydrogens (tertiary/aromatic N) is 2. The average Bonchev–Trinajstić information content (AvgIpc) is 3.29. The number of fused-ring (bicyclic) bond motifs is 3. The minimum absolute atomic E-state index is 0.187. The minimum atomic E-state index is -0.808. The Labute approximate surface area is 237 Å². The number of ketones is 2. The zero-order valence-corrected chi connectivity index (χ0v) is 23.6. The molecule has 0 N–H and O–H groups in total. The number of carbonyl (C=O) groups excluding carboxylic acids is 4. The van der Waals surface area contributed by atoms with Gasteiger partial charge in [-0.3, -0.25) is 9.59 Å². The van der Waals surface area contributed by atoms with Crippen LogP contribution in [0, 0.1) is 0 Å². The second kappa shape index (κ2) is 13.0. The first-order chi connectivity index (χ1) is 19.8. The van der Waals surface area contributed by atoms with Crippen molar-refractivity contribution in [1.82, 2.24) is 4.57 Å². The Hall–Kier alpha value is -4.79. The SMILES string of the molecule is CCCC/C(=N\OC(C)=O)C(=O)c1ccc2c(c1)c1cc(C(=O)c3ccc(OC(=O)OCC)cc3)ccc1n2CC. The van der Waals surface area contributed by atoms with E-state index in [0.29, 0.717) is 29.7 Å². The van der Waals surface area contributed by atoms with Gasteiger partial charge in [-0.15, -0.1) is 0 Å². The average molecular weight is 557 g/mol. The number of ether oxygens (including phenoxy) is 2. The fourth-order valence-corrected chi connectivity index (χ4v) is 4.64. The van der Waals surface area contributed by atoms with Gasteiger partial charge in [-0.2, -0.15) is 0 Å². The van der Waals surface area contributed by atoms with Crippen molar-refractivity contribution in [3.8, 4) is 5.75 Å². The van der Waals surface area contributed by atoms with E-state index >= 15 is 0 Å². The van der Waals surface area contributed by atoms with E-state index in [1.54, 1.807) is 37.3 Å². The van der Waals surface area contributed by atoms with Gasteiger partial charge in [0.15, 0.2) is 5.78 Å². The normalized spacial score (nSPS) is 11.5. The fourth-order valence-electron chi connectivity index (χ4n) is 4.64. The number of benzene rings is 3. The Morgan fingerprint density at radius 2 is 1.41 bits per heavy atom. The van der Waals surface area contributed by atoms with Crippen LogP contribution in [0.25, 0.3) is 21.8 Å². The summed E-state index contributed by atoms with van der Waals surface area (Å²) in [4.78, 5) is 54.4. The molecule has 0 aliphatic carbocycles. The highest BCUT2D eigenvalue weighted by Gasteiger charge is 2.19. The van der Waals surface area contributed by atoms with E-state index in [-0.39, 0.29) is 29.6 Å². The van der Waals surface area contributed by atoms with Gasteiger partial charge in [-0.05, 0) is 87.4 Å². The summed E-state index contributed by atoms with van der Waals surface area (Å²) in [6.45, 7) is 7.85. The number of carbonyl (C=O) groups is 4. The van der Waals surface area contributed by atoms with Crippen LogP contribution in [0.1, 0.15) is 73.2 Å². The van der Waals surface area contributed by atoms with Crippen molar-refractivity contribution in [3.05, 3.63) is 77.4 Å². The topological polar surface area (TPSA) is 113 Å². The number of aromatic nitrogens is 1. The highest BCUT2D eigenvalue weighted by molar-refractivity contribution is 6.46. The van der Waals surface area contributed by atoms with Gasteiger partial charge in [-0.25, -0.2) is 9.59 Å². The first kappa shape index (κ1) is 29.2. The second-order valence-corrected chi connectivity index (χ2v) is 9.40. The predicted octanol–water partition coefficient (Wildman–Crippen LogP) is 6.87. The molecule has 41 heavy (non-hydrogen) atoms. The van der Waals surface area contributed by atoms with Crippen LogP contribution in [0.3, 0.4) is 0 Å². The van der Waals surface area contributed by atoms with Gasteiger partial charge in [-0.1, -0.05) is 18.5 Å². The minimum Gasteiger partial charge on any atom is -0.434 e. The molecule has 3 aromatic carbocycles. The third kappa shape index (κ3) is 6.51. The summed E-state index contributed by atoms with van der Waals surface area (Å²) in [6.07, 6.45) is 1.16. The Morgan fingerprint density at radius 1 is 0.805 bits per heavy atom. The molecule has 9 nitrogen and oxygen atoms in total. The van der Waals surface area contributed by atoms with Crippen molar-refractivity contribution >= 4 is 51.2 Å². The monoisotopic (exact) mass is 556 g/mol. The molecule has 0 atom stereocenters. The van der Waals surface area contributed by atoms with Crippen LogP contribution in [-0.4, -0.2) is 40.6 Å². The maximum Gasteiger partial charge on any atom is 0.513 e. The van der Waals surface area contributed by atoms with E-state index in [1.165, 1.54) is 19.1 Å². The van der Waals surface area contributed by atoms with Crippen LogP contribution in [0.5, 0.6) is 5.75 Å². The molecule has 0 unspecified atom stereocenters. The van der Waals surface area contributed by atoms with Gasteiger partial charge >= 0.3 is 12.1 Å². The molecule has 9 heteroatoms. The molecule has 0 aliphatic heterocycles. The fraction of sp³-hybridized carbons (Fsp3) is 0.281. The van der Waals surface area contributed by atoms with Crippen LogP contribution in [-0.2, 0) is 20.9 Å². The lowest BCUT2D eigenvalue weighted by molar-refractivity contribution is -0.140. The maximum atomic E-state index is 13.4. The van der Waals surface area contributed by atoms with E-state index in [0.717, 1.165) is 34.6 Å². The van der Waals surface area contributed by atoms with Crippen molar-refractivity contribution in [2.45, 2.75) is 53.5 Å². The van der Waals surface area contributed by atoms with Gasteiger partial charge in [0.2, 0.25) is 5.78 Å². The van der Waals surface area contributed by atoms with Crippen molar-refractivity contribution in [1.29, 1.82) is 0 Å². The number of oxime groups is 1. The summed E-state index contributed by atoms with van der Waals surface area (Å²) in [5.74, 6) is -0.827. The molecule has 0 aliphatic rings. The molecule has 0 saturated carbocycles. The van der Waals surface area contributed by atoms with Crippen molar-refractivity contribution in [3.63, 3.8) is 0 Å². The largest absolute Gasteiger partial charge is 0.513 e. The number of hydrogen-bond donors (Lipinski definition) is 0. The van der Waals surface area contributed by atoms with E-state index < -0.39 is 12.1 Å². The lowest BCUT2D eigenvalue weighted by atomic mass is 9.99. The standard InChI is InChI=1S/C32H32N2O7/c1-5-8-9-27(33-41-20(4)35)31(37)23-13-17-29-26(19-23)25-18-22(12-16-28(25)34(29)6-2)30(36)21-10-14-24(15-11-21)40-32(38)39-7-3/h10-19H,5-9H2,1-4H3/b33-27+.